The summed E-state index contributed by atoms with van der Waals surface area (Å²) < 4.78 is 1.62. The number of amides is 1. The van der Waals surface area contributed by atoms with Crippen LogP contribution in [0.25, 0.3) is 0 Å². The number of aliphatic hydroxyl groups is 1. The Morgan fingerprint density at radius 2 is 2.26 bits per heavy atom. The second-order valence-corrected chi connectivity index (χ2v) is 6.88. The van der Waals surface area contributed by atoms with E-state index in [0.717, 1.165) is 25.8 Å². The first-order chi connectivity index (χ1) is 13.1. The quantitative estimate of drug-likeness (QED) is 0.659. The largest absolute Gasteiger partial charge is 0.394 e. The first kappa shape index (κ1) is 19.4. The molecule has 0 radical (unpaired) electrons. The van der Waals surface area contributed by atoms with Gasteiger partial charge in [-0.25, -0.2) is 4.98 Å². The highest BCUT2D eigenvalue weighted by molar-refractivity contribution is 6.32. The molecule has 1 aliphatic heterocycles. The van der Waals surface area contributed by atoms with Crippen LogP contribution in [0.4, 0.5) is 17.5 Å². The van der Waals surface area contributed by atoms with Crippen LogP contribution in [0, 0.1) is 0 Å². The Bertz CT molecular complexity index is 782. The average molecular weight is 394 g/mol. The molecule has 10 heteroatoms. The van der Waals surface area contributed by atoms with Gasteiger partial charge in [-0.15, -0.1) is 0 Å². The fourth-order valence-corrected chi connectivity index (χ4v) is 3.33. The van der Waals surface area contributed by atoms with Crippen molar-refractivity contribution in [2.75, 3.05) is 30.3 Å². The number of likely N-dealkylation sites (tertiary alicyclic amines) is 1. The van der Waals surface area contributed by atoms with Crippen molar-refractivity contribution >= 4 is 35.0 Å². The molecule has 0 aliphatic carbocycles. The summed E-state index contributed by atoms with van der Waals surface area (Å²) in [6.45, 7) is 3.43. The van der Waals surface area contributed by atoms with Crippen LogP contribution in [0.2, 0.25) is 5.02 Å². The molecule has 2 aromatic heterocycles. The summed E-state index contributed by atoms with van der Waals surface area (Å²) in [7, 11) is 0. The minimum absolute atomic E-state index is 0.0189. The molecular formula is C17H24ClN7O2. The third kappa shape index (κ3) is 5.08. The number of hydrogen-bond acceptors (Lipinski definition) is 7. The Balaban J connectivity index is 1.65. The Kier molecular flexibility index (Phi) is 6.46. The van der Waals surface area contributed by atoms with E-state index in [1.54, 1.807) is 24.0 Å². The van der Waals surface area contributed by atoms with Gasteiger partial charge in [-0.1, -0.05) is 11.6 Å². The number of anilines is 3. The summed E-state index contributed by atoms with van der Waals surface area (Å²) in [6.07, 6.45) is 8.04. The zero-order valence-electron chi connectivity index (χ0n) is 15.2. The van der Waals surface area contributed by atoms with Gasteiger partial charge in [0.15, 0.2) is 5.82 Å². The molecular weight excluding hydrogens is 370 g/mol. The van der Waals surface area contributed by atoms with E-state index < -0.39 is 0 Å². The Morgan fingerprint density at radius 3 is 3.04 bits per heavy atom. The molecule has 1 unspecified atom stereocenters. The van der Waals surface area contributed by atoms with Crippen LogP contribution in [0.1, 0.15) is 26.2 Å². The van der Waals surface area contributed by atoms with Gasteiger partial charge in [-0.05, 0) is 19.3 Å². The molecule has 0 aromatic carbocycles. The number of hydrogen-bond donors (Lipinski definition) is 3. The maximum Gasteiger partial charge on any atom is 0.229 e. The first-order valence-electron chi connectivity index (χ1n) is 9.01. The van der Waals surface area contributed by atoms with Crippen molar-refractivity contribution in [2.24, 2.45) is 0 Å². The molecule has 0 saturated carbocycles. The minimum atomic E-state index is 0.0189. The number of nitrogens with one attached hydrogen (secondary N) is 2. The molecule has 1 saturated heterocycles. The number of halogens is 1. The van der Waals surface area contributed by atoms with E-state index in [4.69, 9.17) is 16.7 Å². The van der Waals surface area contributed by atoms with E-state index in [9.17, 15) is 4.79 Å². The fourth-order valence-electron chi connectivity index (χ4n) is 3.18. The van der Waals surface area contributed by atoms with Gasteiger partial charge in [0.25, 0.3) is 0 Å². The van der Waals surface area contributed by atoms with Crippen LogP contribution in [-0.2, 0) is 11.3 Å². The Hall–Kier alpha value is -2.39. The van der Waals surface area contributed by atoms with E-state index in [1.165, 1.54) is 6.20 Å². The van der Waals surface area contributed by atoms with Gasteiger partial charge in [0.1, 0.15) is 5.02 Å². The van der Waals surface area contributed by atoms with Crippen molar-refractivity contribution < 1.29 is 9.90 Å². The number of aliphatic hydroxyl groups excluding tert-OH is 1. The number of nitrogens with zero attached hydrogens (tertiary/aromatic N) is 5. The predicted octanol–water partition coefficient (Wildman–Crippen LogP) is 1.88. The maximum absolute atomic E-state index is 11.8. The van der Waals surface area contributed by atoms with Crippen molar-refractivity contribution in [2.45, 2.75) is 38.8 Å². The summed E-state index contributed by atoms with van der Waals surface area (Å²) in [4.78, 5) is 22.3. The molecule has 1 aliphatic rings. The highest BCUT2D eigenvalue weighted by Crippen LogP contribution is 2.23. The molecule has 146 valence electrons. The lowest BCUT2D eigenvalue weighted by molar-refractivity contribution is -0.132. The van der Waals surface area contributed by atoms with Crippen LogP contribution >= 0.6 is 11.6 Å². The van der Waals surface area contributed by atoms with Crippen LogP contribution in [0.3, 0.4) is 0 Å². The van der Waals surface area contributed by atoms with Crippen LogP contribution in [-0.4, -0.2) is 61.4 Å². The minimum Gasteiger partial charge on any atom is -0.394 e. The van der Waals surface area contributed by atoms with Crippen LogP contribution in [0.15, 0.2) is 18.6 Å². The van der Waals surface area contributed by atoms with Gasteiger partial charge in [0, 0.05) is 32.3 Å². The van der Waals surface area contributed by atoms with E-state index >= 15 is 0 Å². The Morgan fingerprint density at radius 1 is 1.41 bits per heavy atom. The highest BCUT2D eigenvalue weighted by atomic mass is 35.5. The average Bonchev–Trinajstić information content (AvgIpc) is 3.09. The van der Waals surface area contributed by atoms with Gasteiger partial charge >= 0.3 is 0 Å². The van der Waals surface area contributed by atoms with Crippen molar-refractivity contribution in [1.82, 2.24) is 24.6 Å². The topological polar surface area (TPSA) is 108 Å². The SMILES string of the molecule is CC(=O)N1CCCCC1CNc1nc(Nc2cnn(CCO)c2)ncc1Cl. The number of carbonyl (C=O) groups excluding carboxylic acids is 1. The van der Waals surface area contributed by atoms with E-state index in [0.29, 0.717) is 35.6 Å². The maximum atomic E-state index is 11.8. The zero-order chi connectivity index (χ0) is 19.2. The number of piperidine rings is 1. The van der Waals surface area contributed by atoms with E-state index in [1.807, 2.05) is 4.90 Å². The summed E-state index contributed by atoms with van der Waals surface area (Å²) in [5.41, 5.74) is 0.715. The molecule has 9 nitrogen and oxygen atoms in total. The van der Waals surface area contributed by atoms with Gasteiger partial charge in [-0.2, -0.15) is 10.1 Å². The van der Waals surface area contributed by atoms with Gasteiger partial charge in [0.05, 0.1) is 31.2 Å². The predicted molar refractivity (Wildman–Crippen MR) is 103 cm³/mol. The highest BCUT2D eigenvalue weighted by Gasteiger charge is 2.24. The molecule has 2 aromatic rings. The standard InChI is InChI=1S/C17H24ClN7O2/c1-12(27)25-5-3-2-4-14(25)9-19-16-15(18)10-20-17(23-16)22-13-8-21-24(11-13)6-7-26/h8,10-11,14,26H,2-7,9H2,1H3,(H2,19,20,22,23). The van der Waals surface area contributed by atoms with Crippen molar-refractivity contribution in [3.63, 3.8) is 0 Å². The lowest BCUT2D eigenvalue weighted by Crippen LogP contribution is -2.46. The third-order valence-electron chi connectivity index (χ3n) is 4.50. The van der Waals surface area contributed by atoms with Gasteiger partial charge in [0.2, 0.25) is 11.9 Å². The number of carbonyl (C=O) groups is 1. The molecule has 3 rings (SSSR count). The molecule has 3 heterocycles. The summed E-state index contributed by atoms with van der Waals surface area (Å²) in [5.74, 6) is 1.00. The lowest BCUT2D eigenvalue weighted by atomic mass is 10.0. The second-order valence-electron chi connectivity index (χ2n) is 6.47. The van der Waals surface area contributed by atoms with Crippen LogP contribution < -0.4 is 10.6 Å². The van der Waals surface area contributed by atoms with Gasteiger partial charge in [-0.3, -0.25) is 9.48 Å². The summed E-state index contributed by atoms with van der Waals surface area (Å²) in [6, 6.07) is 0.135. The molecule has 1 amide bonds. The van der Waals surface area contributed by atoms with Crippen molar-refractivity contribution in [1.29, 1.82) is 0 Å². The zero-order valence-corrected chi connectivity index (χ0v) is 16.0. The molecule has 3 N–H and O–H groups in total. The molecule has 1 fully saturated rings. The van der Waals surface area contributed by atoms with Gasteiger partial charge < -0.3 is 20.6 Å². The Labute approximate surface area is 162 Å². The molecule has 0 spiro atoms. The number of rotatable bonds is 7. The molecule has 0 bridgehead atoms. The number of aromatic nitrogens is 4. The van der Waals surface area contributed by atoms with Crippen molar-refractivity contribution in [3.8, 4) is 0 Å². The van der Waals surface area contributed by atoms with E-state index in [2.05, 4.69) is 25.7 Å². The summed E-state index contributed by atoms with van der Waals surface area (Å²) >= 11 is 6.22. The van der Waals surface area contributed by atoms with Crippen molar-refractivity contribution in [3.05, 3.63) is 23.6 Å². The van der Waals surface area contributed by atoms with Crippen LogP contribution in [0.5, 0.6) is 0 Å². The fraction of sp³-hybridized carbons (Fsp3) is 0.529. The lowest BCUT2D eigenvalue weighted by Gasteiger charge is -2.35. The smallest absolute Gasteiger partial charge is 0.229 e. The molecule has 1 atom stereocenters. The first-order valence-corrected chi connectivity index (χ1v) is 9.38. The van der Waals surface area contributed by atoms with E-state index in [-0.39, 0.29) is 18.6 Å². The second kappa shape index (κ2) is 9.01. The normalized spacial score (nSPS) is 17.0. The molecule has 27 heavy (non-hydrogen) atoms. The summed E-state index contributed by atoms with van der Waals surface area (Å²) in [5, 5.41) is 19.8. The monoisotopic (exact) mass is 393 g/mol. The third-order valence-corrected chi connectivity index (χ3v) is 4.78.